The normalized spacial score (nSPS) is 12.2. The average molecular weight is 324 g/mol. The van der Waals surface area contributed by atoms with E-state index in [0.717, 1.165) is 5.56 Å². The molecule has 2 N–H and O–H groups in total. The fourth-order valence-corrected chi connectivity index (χ4v) is 1.92. The number of hydrogen-bond acceptors (Lipinski definition) is 5. The maximum absolute atomic E-state index is 11.6. The molecule has 1 atom stereocenters. The van der Waals surface area contributed by atoms with Crippen LogP contribution in [0.3, 0.4) is 0 Å². The predicted octanol–water partition coefficient (Wildman–Crippen LogP) is 1.62. The molecule has 22 heavy (non-hydrogen) atoms. The third-order valence-electron chi connectivity index (χ3n) is 2.93. The highest BCUT2D eigenvalue weighted by atomic mass is 35.5. The van der Waals surface area contributed by atoms with Crippen molar-refractivity contribution in [2.75, 3.05) is 18.2 Å². The third kappa shape index (κ3) is 5.14. The number of anilines is 1. The van der Waals surface area contributed by atoms with Gasteiger partial charge in [-0.3, -0.25) is 4.57 Å². The van der Waals surface area contributed by atoms with Gasteiger partial charge in [0, 0.05) is 6.20 Å². The molecular formula is C15H18ClN3O3. The third-order valence-corrected chi connectivity index (χ3v) is 3.28. The molecule has 7 heteroatoms. The molecule has 0 fully saturated rings. The van der Waals surface area contributed by atoms with E-state index in [1.54, 1.807) is 0 Å². The molecule has 0 bridgehead atoms. The molecule has 0 saturated heterocycles. The van der Waals surface area contributed by atoms with Crippen molar-refractivity contribution in [1.82, 2.24) is 9.55 Å². The standard InChI is InChI=1S/C15H18ClN3O3/c16-8-13(10-21-9-12-4-2-1-3-5-12)22-11-19-7-6-14(17)18-15(19)20/h1-7,13H,8-11H2,(H2,17,18,20)/t13-/m0/s1. The van der Waals surface area contributed by atoms with E-state index in [1.165, 1.54) is 16.8 Å². The van der Waals surface area contributed by atoms with Gasteiger partial charge in [-0.1, -0.05) is 30.3 Å². The lowest BCUT2D eigenvalue weighted by atomic mass is 10.2. The largest absolute Gasteiger partial charge is 0.383 e. The summed E-state index contributed by atoms with van der Waals surface area (Å²) in [6.45, 7) is 0.884. The van der Waals surface area contributed by atoms with Crippen molar-refractivity contribution >= 4 is 17.4 Å². The second-order valence-corrected chi connectivity index (χ2v) is 4.99. The van der Waals surface area contributed by atoms with E-state index < -0.39 is 5.69 Å². The van der Waals surface area contributed by atoms with Crippen LogP contribution in [0.4, 0.5) is 5.82 Å². The van der Waals surface area contributed by atoms with Crippen molar-refractivity contribution < 1.29 is 9.47 Å². The minimum atomic E-state index is -0.460. The maximum atomic E-state index is 11.6. The van der Waals surface area contributed by atoms with Crippen LogP contribution >= 0.6 is 11.6 Å². The van der Waals surface area contributed by atoms with Crippen LogP contribution in [0.25, 0.3) is 0 Å². The number of alkyl halides is 1. The zero-order valence-corrected chi connectivity index (χ0v) is 12.8. The Bertz CT molecular complexity index is 633. The summed E-state index contributed by atoms with van der Waals surface area (Å²) in [6, 6.07) is 11.4. The summed E-state index contributed by atoms with van der Waals surface area (Å²) >= 11 is 5.85. The van der Waals surface area contributed by atoms with E-state index in [9.17, 15) is 4.79 Å². The van der Waals surface area contributed by atoms with Gasteiger partial charge >= 0.3 is 5.69 Å². The molecule has 1 aromatic carbocycles. The Labute approximate surface area is 133 Å². The zero-order chi connectivity index (χ0) is 15.8. The molecule has 0 spiro atoms. The molecule has 0 amide bonds. The lowest BCUT2D eigenvalue weighted by Crippen LogP contribution is -2.29. The number of halogens is 1. The maximum Gasteiger partial charge on any atom is 0.351 e. The van der Waals surface area contributed by atoms with Crippen LogP contribution in [0.2, 0.25) is 0 Å². The first-order valence-corrected chi connectivity index (χ1v) is 7.34. The van der Waals surface area contributed by atoms with Crippen molar-refractivity contribution in [3.05, 3.63) is 58.6 Å². The summed E-state index contributed by atoms with van der Waals surface area (Å²) in [5.41, 5.74) is 6.04. The SMILES string of the molecule is Nc1ccn(CO[C@@H](CCl)COCc2ccccc2)c(=O)n1. The van der Waals surface area contributed by atoms with E-state index in [4.69, 9.17) is 26.8 Å². The number of rotatable bonds is 8. The van der Waals surface area contributed by atoms with Gasteiger partial charge in [-0.2, -0.15) is 4.98 Å². The Kier molecular flexibility index (Phi) is 6.39. The van der Waals surface area contributed by atoms with E-state index >= 15 is 0 Å². The van der Waals surface area contributed by atoms with Gasteiger partial charge in [0.15, 0.2) is 0 Å². The van der Waals surface area contributed by atoms with Crippen LogP contribution in [0.5, 0.6) is 0 Å². The Hall–Kier alpha value is -1.89. The molecule has 0 aliphatic carbocycles. The smallest absolute Gasteiger partial charge is 0.351 e. The van der Waals surface area contributed by atoms with Gasteiger partial charge in [0.25, 0.3) is 0 Å². The van der Waals surface area contributed by atoms with Crippen LogP contribution in [-0.2, 0) is 22.8 Å². The second-order valence-electron chi connectivity index (χ2n) is 4.68. The zero-order valence-electron chi connectivity index (χ0n) is 12.0. The van der Waals surface area contributed by atoms with Gasteiger partial charge < -0.3 is 15.2 Å². The summed E-state index contributed by atoms with van der Waals surface area (Å²) in [4.78, 5) is 15.2. The highest BCUT2D eigenvalue weighted by Crippen LogP contribution is 2.04. The van der Waals surface area contributed by atoms with Crippen molar-refractivity contribution in [1.29, 1.82) is 0 Å². The van der Waals surface area contributed by atoms with E-state index in [2.05, 4.69) is 4.98 Å². The minimum absolute atomic E-state index is 0.0538. The number of nitrogens with zero attached hydrogens (tertiary/aromatic N) is 2. The summed E-state index contributed by atoms with van der Waals surface area (Å²) in [6.07, 6.45) is 1.22. The fraction of sp³-hybridized carbons (Fsp3) is 0.333. The molecule has 6 nitrogen and oxygen atoms in total. The van der Waals surface area contributed by atoms with Crippen molar-refractivity contribution in [2.24, 2.45) is 0 Å². The van der Waals surface area contributed by atoms with Crippen molar-refractivity contribution in [3.8, 4) is 0 Å². The number of nitrogen functional groups attached to an aromatic ring is 1. The number of benzene rings is 1. The molecule has 1 aromatic heterocycles. The number of nitrogens with two attached hydrogens (primary N) is 1. The summed E-state index contributed by atoms with van der Waals surface area (Å²) in [5, 5.41) is 0. The van der Waals surface area contributed by atoms with Crippen molar-refractivity contribution in [2.45, 2.75) is 19.4 Å². The first-order valence-electron chi connectivity index (χ1n) is 6.81. The fourth-order valence-electron chi connectivity index (χ4n) is 1.75. The van der Waals surface area contributed by atoms with Gasteiger partial charge in [0.2, 0.25) is 0 Å². The molecule has 0 saturated carbocycles. The first-order chi connectivity index (χ1) is 10.7. The van der Waals surface area contributed by atoms with Gasteiger partial charge in [-0.15, -0.1) is 11.6 Å². The highest BCUT2D eigenvalue weighted by molar-refractivity contribution is 6.18. The Morgan fingerprint density at radius 2 is 2.05 bits per heavy atom. The van der Waals surface area contributed by atoms with Crippen LogP contribution in [0.15, 0.2) is 47.4 Å². The van der Waals surface area contributed by atoms with Gasteiger partial charge in [-0.25, -0.2) is 4.79 Å². The van der Waals surface area contributed by atoms with Crippen LogP contribution in [0, 0.1) is 0 Å². The van der Waals surface area contributed by atoms with E-state index in [0.29, 0.717) is 13.2 Å². The molecule has 0 aliphatic heterocycles. The predicted molar refractivity (Wildman–Crippen MR) is 84.6 cm³/mol. The quantitative estimate of drug-likeness (QED) is 0.747. The summed E-state index contributed by atoms with van der Waals surface area (Å²) in [5.74, 6) is 0.452. The van der Waals surface area contributed by atoms with Crippen LogP contribution < -0.4 is 11.4 Å². The number of aromatic nitrogens is 2. The Morgan fingerprint density at radius 1 is 1.27 bits per heavy atom. The van der Waals surface area contributed by atoms with Crippen LogP contribution in [-0.4, -0.2) is 28.1 Å². The Balaban J connectivity index is 1.78. The van der Waals surface area contributed by atoms with E-state index in [-0.39, 0.29) is 24.5 Å². The molecule has 0 radical (unpaired) electrons. The molecule has 2 rings (SSSR count). The van der Waals surface area contributed by atoms with E-state index in [1.807, 2.05) is 30.3 Å². The first kappa shape index (κ1) is 16.5. The van der Waals surface area contributed by atoms with Crippen molar-refractivity contribution in [3.63, 3.8) is 0 Å². The van der Waals surface area contributed by atoms with Gasteiger partial charge in [0.1, 0.15) is 12.5 Å². The van der Waals surface area contributed by atoms with Gasteiger partial charge in [-0.05, 0) is 11.6 Å². The minimum Gasteiger partial charge on any atom is -0.383 e. The summed E-state index contributed by atoms with van der Waals surface area (Å²) in [7, 11) is 0. The highest BCUT2D eigenvalue weighted by Gasteiger charge is 2.09. The topological polar surface area (TPSA) is 79.4 Å². The summed E-state index contributed by atoms with van der Waals surface area (Å²) < 4.78 is 12.5. The molecule has 118 valence electrons. The molecule has 0 unspecified atom stereocenters. The monoisotopic (exact) mass is 323 g/mol. The number of ether oxygens (including phenoxy) is 2. The molecule has 1 heterocycles. The van der Waals surface area contributed by atoms with Crippen LogP contribution in [0.1, 0.15) is 5.56 Å². The second kappa shape index (κ2) is 8.53. The Morgan fingerprint density at radius 3 is 2.73 bits per heavy atom. The molecular weight excluding hydrogens is 306 g/mol. The lowest BCUT2D eigenvalue weighted by Gasteiger charge is -2.16. The van der Waals surface area contributed by atoms with Gasteiger partial charge in [0.05, 0.1) is 25.2 Å². The molecule has 2 aromatic rings. The average Bonchev–Trinajstić information content (AvgIpc) is 2.53. The number of hydrogen-bond donors (Lipinski definition) is 1. The molecule has 0 aliphatic rings. The lowest BCUT2D eigenvalue weighted by molar-refractivity contribution is -0.0389.